The van der Waals surface area contributed by atoms with Gasteiger partial charge in [0.25, 0.3) is 0 Å². The Morgan fingerprint density at radius 3 is 2.46 bits per heavy atom. The molecule has 6 heteroatoms. The second-order valence-corrected chi connectivity index (χ2v) is 7.21. The zero-order valence-electron chi connectivity index (χ0n) is 15.6. The minimum atomic E-state index is 0. The van der Waals surface area contributed by atoms with E-state index in [-0.39, 0.29) is 24.0 Å². The van der Waals surface area contributed by atoms with Crippen LogP contribution in [0.25, 0.3) is 5.57 Å². The Morgan fingerprint density at radius 1 is 1.12 bits per heavy atom. The smallest absolute Gasteiger partial charge is 0.193 e. The van der Waals surface area contributed by atoms with Crippen LogP contribution >= 0.6 is 24.0 Å². The molecule has 1 aromatic carbocycles. The third-order valence-electron chi connectivity index (χ3n) is 5.75. The molecule has 0 aliphatic carbocycles. The van der Waals surface area contributed by atoms with E-state index in [4.69, 9.17) is 0 Å². The van der Waals surface area contributed by atoms with Crippen molar-refractivity contribution in [1.29, 1.82) is 0 Å². The van der Waals surface area contributed by atoms with Gasteiger partial charge < -0.3 is 10.2 Å². The van der Waals surface area contributed by atoms with Crippen molar-refractivity contribution in [2.45, 2.75) is 12.5 Å². The Morgan fingerprint density at radius 2 is 1.88 bits per heavy atom. The fourth-order valence-electron chi connectivity index (χ4n) is 4.24. The van der Waals surface area contributed by atoms with Crippen LogP contribution < -0.4 is 5.32 Å². The monoisotopic (exact) mass is 467 g/mol. The molecule has 0 radical (unpaired) electrons. The molecule has 0 amide bonds. The summed E-state index contributed by atoms with van der Waals surface area (Å²) < 4.78 is 0. The Kier molecular flexibility index (Phi) is 6.94. The Labute approximate surface area is 174 Å². The number of hydrogen-bond donors (Lipinski definition) is 1. The van der Waals surface area contributed by atoms with Crippen LogP contribution in [0.5, 0.6) is 0 Å². The molecule has 1 N–H and O–H groups in total. The van der Waals surface area contributed by atoms with Gasteiger partial charge in [-0.25, -0.2) is 0 Å². The molecule has 2 bridgehead atoms. The normalized spacial score (nSPS) is 28.3. The van der Waals surface area contributed by atoms with Gasteiger partial charge in [-0.1, -0.05) is 36.4 Å². The number of piperazine rings is 3. The van der Waals surface area contributed by atoms with Crippen molar-refractivity contribution in [1.82, 2.24) is 20.0 Å². The molecule has 1 aromatic rings. The molecule has 5 rings (SSSR count). The summed E-state index contributed by atoms with van der Waals surface area (Å²) >= 11 is 0. The largest absolute Gasteiger partial charge is 0.355 e. The zero-order valence-corrected chi connectivity index (χ0v) is 17.9. The summed E-state index contributed by atoms with van der Waals surface area (Å²) in [5.74, 6) is 1.04. The molecule has 4 heterocycles. The van der Waals surface area contributed by atoms with Gasteiger partial charge in [0.05, 0.1) is 0 Å². The molecule has 3 saturated heterocycles. The van der Waals surface area contributed by atoms with Crippen LogP contribution in [0.2, 0.25) is 0 Å². The van der Waals surface area contributed by atoms with Gasteiger partial charge in [0, 0.05) is 65.4 Å². The summed E-state index contributed by atoms with van der Waals surface area (Å²) in [7, 11) is 1.90. The van der Waals surface area contributed by atoms with Crippen LogP contribution in [-0.4, -0.2) is 86.1 Å². The van der Waals surface area contributed by atoms with Gasteiger partial charge in [-0.15, -0.1) is 24.0 Å². The average molecular weight is 467 g/mol. The Balaban J connectivity index is 0.00000196. The van der Waals surface area contributed by atoms with Crippen molar-refractivity contribution in [3.8, 4) is 0 Å². The van der Waals surface area contributed by atoms with Crippen molar-refractivity contribution in [3.05, 3.63) is 42.0 Å². The van der Waals surface area contributed by atoms with E-state index in [9.17, 15) is 0 Å². The van der Waals surface area contributed by atoms with Gasteiger partial charge in [0.1, 0.15) is 0 Å². The third kappa shape index (κ3) is 4.40. The molecule has 4 aliphatic rings. The van der Waals surface area contributed by atoms with Crippen LogP contribution in [0, 0.1) is 0 Å². The maximum atomic E-state index is 4.53. The van der Waals surface area contributed by atoms with Gasteiger partial charge in [-0.05, 0) is 17.6 Å². The number of benzene rings is 1. The molecule has 0 spiro atoms. The van der Waals surface area contributed by atoms with Crippen molar-refractivity contribution in [3.63, 3.8) is 0 Å². The molecule has 0 saturated carbocycles. The average Bonchev–Trinajstić information content (AvgIpc) is 2.70. The van der Waals surface area contributed by atoms with Crippen LogP contribution in [0.4, 0.5) is 0 Å². The first kappa shape index (κ1) is 19.6. The molecule has 0 aromatic heterocycles. The van der Waals surface area contributed by atoms with Gasteiger partial charge in [-0.3, -0.25) is 14.8 Å². The van der Waals surface area contributed by atoms with Crippen LogP contribution in [0.15, 0.2) is 41.4 Å². The highest BCUT2D eigenvalue weighted by molar-refractivity contribution is 14.0. The summed E-state index contributed by atoms with van der Waals surface area (Å²) in [5.41, 5.74) is 2.81. The standard InChI is InChI=1S/C20H29N5.HI/c1-21-20(22-15-19-16-23-11-13-24(19)14-12-23)25-9-7-18(8-10-25)17-5-3-2-4-6-17;/h2-7,19H,8-16H2,1H3,(H,21,22);1H. The first-order valence-electron chi connectivity index (χ1n) is 9.50. The van der Waals surface area contributed by atoms with Gasteiger partial charge in [0.2, 0.25) is 0 Å². The second kappa shape index (κ2) is 9.19. The highest BCUT2D eigenvalue weighted by atomic mass is 127. The zero-order chi connectivity index (χ0) is 17.1. The SMILES string of the molecule is CN=C(NCC1CN2CCN1CC2)N1CC=C(c2ccccc2)CC1.I. The number of hydrogen-bond acceptors (Lipinski definition) is 3. The first-order chi connectivity index (χ1) is 12.3. The number of halogens is 1. The van der Waals surface area contributed by atoms with Crippen LogP contribution in [-0.2, 0) is 0 Å². The summed E-state index contributed by atoms with van der Waals surface area (Å²) in [6.07, 6.45) is 3.43. The second-order valence-electron chi connectivity index (χ2n) is 7.21. The van der Waals surface area contributed by atoms with E-state index in [1.807, 2.05) is 7.05 Å². The van der Waals surface area contributed by atoms with Crippen molar-refractivity contribution in [2.75, 3.05) is 59.4 Å². The van der Waals surface area contributed by atoms with Crippen molar-refractivity contribution >= 4 is 35.5 Å². The number of aliphatic imine (C=N–C) groups is 1. The van der Waals surface area contributed by atoms with E-state index in [0.29, 0.717) is 6.04 Å². The summed E-state index contributed by atoms with van der Waals surface area (Å²) in [5, 5.41) is 3.63. The molecular weight excluding hydrogens is 437 g/mol. The summed E-state index contributed by atoms with van der Waals surface area (Å²) in [4.78, 5) is 12.1. The van der Waals surface area contributed by atoms with Gasteiger partial charge >= 0.3 is 0 Å². The van der Waals surface area contributed by atoms with Gasteiger partial charge in [-0.2, -0.15) is 0 Å². The Bertz CT molecular complexity index is 637. The number of guanidine groups is 1. The third-order valence-corrected chi connectivity index (χ3v) is 5.75. The Hall–Kier alpha value is -1.12. The van der Waals surface area contributed by atoms with E-state index in [1.54, 1.807) is 0 Å². The lowest BCUT2D eigenvalue weighted by Gasteiger charge is -2.47. The molecule has 4 aliphatic heterocycles. The lowest BCUT2D eigenvalue weighted by atomic mass is 10.00. The minimum Gasteiger partial charge on any atom is -0.355 e. The van der Waals surface area contributed by atoms with Crippen molar-refractivity contribution in [2.24, 2.45) is 4.99 Å². The lowest BCUT2D eigenvalue weighted by molar-refractivity contribution is 0.0152. The highest BCUT2D eigenvalue weighted by Gasteiger charge is 2.31. The molecule has 26 heavy (non-hydrogen) atoms. The van der Waals surface area contributed by atoms with E-state index >= 15 is 0 Å². The number of nitrogens with one attached hydrogen (secondary N) is 1. The van der Waals surface area contributed by atoms with E-state index in [0.717, 1.165) is 32.0 Å². The number of rotatable bonds is 3. The fraction of sp³-hybridized carbons (Fsp3) is 0.550. The number of fused-ring (bicyclic) bond motifs is 3. The summed E-state index contributed by atoms with van der Waals surface area (Å²) in [6, 6.07) is 11.3. The van der Waals surface area contributed by atoms with Crippen LogP contribution in [0.1, 0.15) is 12.0 Å². The lowest BCUT2D eigenvalue weighted by Crippen LogP contribution is -2.64. The van der Waals surface area contributed by atoms with E-state index in [2.05, 4.69) is 61.4 Å². The van der Waals surface area contributed by atoms with E-state index in [1.165, 1.54) is 43.9 Å². The maximum Gasteiger partial charge on any atom is 0.193 e. The first-order valence-corrected chi connectivity index (χ1v) is 9.50. The topological polar surface area (TPSA) is 34.1 Å². The predicted molar refractivity (Wildman–Crippen MR) is 119 cm³/mol. The highest BCUT2D eigenvalue weighted by Crippen LogP contribution is 2.22. The van der Waals surface area contributed by atoms with Crippen molar-refractivity contribution < 1.29 is 0 Å². The summed E-state index contributed by atoms with van der Waals surface area (Å²) in [6.45, 7) is 9.08. The molecule has 3 fully saturated rings. The molecule has 142 valence electrons. The maximum absolute atomic E-state index is 4.53. The molecule has 5 nitrogen and oxygen atoms in total. The van der Waals surface area contributed by atoms with Gasteiger partial charge in [0.15, 0.2) is 5.96 Å². The predicted octanol–water partition coefficient (Wildman–Crippen LogP) is 1.97. The number of nitrogens with zero attached hydrogens (tertiary/aromatic N) is 4. The molecule has 1 atom stereocenters. The van der Waals surface area contributed by atoms with Crippen LogP contribution in [0.3, 0.4) is 0 Å². The minimum absolute atomic E-state index is 0. The fourth-order valence-corrected chi connectivity index (χ4v) is 4.24. The van der Waals surface area contributed by atoms with E-state index < -0.39 is 0 Å². The quantitative estimate of drug-likeness (QED) is 0.419. The molecular formula is C20H30IN5. The molecule has 1 unspecified atom stereocenters.